The summed E-state index contributed by atoms with van der Waals surface area (Å²) in [5.41, 5.74) is 3.17. The molecule has 0 spiro atoms. The number of carbonyl (C=O) groups excluding carboxylic acids is 1. The number of alkyl halides is 1. The Kier molecular flexibility index (Phi) is 11.3. The lowest BCUT2D eigenvalue weighted by molar-refractivity contribution is -0.0392. The van der Waals surface area contributed by atoms with Gasteiger partial charge in [-0.2, -0.15) is 4.99 Å². The monoisotopic (exact) mass is 620 g/mol. The topological polar surface area (TPSA) is 112 Å². The van der Waals surface area contributed by atoms with E-state index in [2.05, 4.69) is 34.2 Å². The maximum Gasteiger partial charge on any atom is 0.410 e. The van der Waals surface area contributed by atoms with Crippen molar-refractivity contribution in [2.24, 2.45) is 15.9 Å². The highest BCUT2D eigenvalue weighted by molar-refractivity contribution is 5.89. The standard InChI is InChI=1S/C34H45FN6O4/c1-23-16-26(20-36)28(19-29(23)41-15-14-40(21-30(41)35)33(42)45-34(2,3)4)38-31(39-32(37-5)43-6)13-12-25-17-27(18-25)44-22-24-10-8-7-9-11-24/h7-11,13,16,19-20,25,27,30,36,38H,5,12,14-15,17-18,21-22H2,1-4,6H3/b31-13-,36-20?,39-32?. The number of methoxy groups -OCH3 is 1. The van der Waals surface area contributed by atoms with E-state index in [-0.39, 0.29) is 25.2 Å². The van der Waals surface area contributed by atoms with Crippen LogP contribution in [0.3, 0.4) is 0 Å². The second kappa shape index (κ2) is 15.2. The van der Waals surface area contributed by atoms with E-state index in [4.69, 9.17) is 19.6 Å². The number of nitrogens with zero attached hydrogens (tertiary/aromatic N) is 4. The van der Waals surface area contributed by atoms with E-state index in [1.165, 1.54) is 18.2 Å². The predicted octanol–water partition coefficient (Wildman–Crippen LogP) is 6.69. The number of rotatable bonds is 10. The van der Waals surface area contributed by atoms with Crippen molar-refractivity contribution in [3.8, 4) is 0 Å². The molecule has 2 aromatic rings. The molecule has 1 unspecified atom stereocenters. The Bertz CT molecular complexity index is 1400. The maximum absolute atomic E-state index is 15.6. The van der Waals surface area contributed by atoms with Crippen molar-refractivity contribution in [1.82, 2.24) is 4.90 Å². The third-order valence-electron chi connectivity index (χ3n) is 7.77. The van der Waals surface area contributed by atoms with Gasteiger partial charge in [-0.25, -0.2) is 14.2 Å². The summed E-state index contributed by atoms with van der Waals surface area (Å²) in [6.07, 6.45) is 4.14. The number of nitrogens with one attached hydrogen (secondary N) is 2. The van der Waals surface area contributed by atoms with Gasteiger partial charge in [0.15, 0.2) is 6.30 Å². The van der Waals surface area contributed by atoms with Crippen molar-refractivity contribution < 1.29 is 23.4 Å². The van der Waals surface area contributed by atoms with Gasteiger partial charge in [0.2, 0.25) is 0 Å². The van der Waals surface area contributed by atoms with E-state index in [9.17, 15) is 4.79 Å². The van der Waals surface area contributed by atoms with Crippen LogP contribution in [0.5, 0.6) is 0 Å². The van der Waals surface area contributed by atoms with Crippen LogP contribution < -0.4 is 10.2 Å². The molecule has 1 amide bonds. The molecule has 11 heteroatoms. The van der Waals surface area contributed by atoms with Crippen LogP contribution in [-0.4, -0.2) is 74.7 Å². The van der Waals surface area contributed by atoms with Gasteiger partial charge in [0, 0.05) is 30.6 Å². The molecule has 4 rings (SSSR count). The number of amidine groups is 1. The molecular formula is C34H45FN6O4. The number of allylic oxidation sites excluding steroid dienone is 1. The summed E-state index contributed by atoms with van der Waals surface area (Å²) in [4.78, 5) is 23.9. The minimum absolute atomic E-state index is 0.0947. The minimum Gasteiger partial charge on any atom is -0.467 e. The molecule has 1 aliphatic heterocycles. The van der Waals surface area contributed by atoms with Gasteiger partial charge in [-0.05, 0) is 88.9 Å². The minimum atomic E-state index is -1.43. The molecule has 0 bridgehead atoms. The fourth-order valence-electron chi connectivity index (χ4n) is 5.34. The number of piperazine rings is 1. The molecular weight excluding hydrogens is 575 g/mol. The normalized spacial score (nSPS) is 20.7. The molecule has 2 aliphatic rings. The van der Waals surface area contributed by atoms with Crippen molar-refractivity contribution in [2.75, 3.05) is 37.0 Å². The summed E-state index contributed by atoms with van der Waals surface area (Å²) in [6, 6.07) is 13.9. The molecule has 0 radical (unpaired) electrons. The van der Waals surface area contributed by atoms with Crippen LogP contribution in [0, 0.1) is 18.3 Å². The van der Waals surface area contributed by atoms with Crippen molar-refractivity contribution in [2.45, 2.75) is 71.6 Å². The molecule has 2 aromatic carbocycles. The van der Waals surface area contributed by atoms with Crippen molar-refractivity contribution in [3.63, 3.8) is 0 Å². The fraction of sp³-hybridized carbons (Fsp3) is 0.471. The van der Waals surface area contributed by atoms with E-state index in [0.29, 0.717) is 41.8 Å². The molecule has 242 valence electrons. The van der Waals surface area contributed by atoms with Crippen molar-refractivity contribution >= 4 is 36.4 Å². The Morgan fingerprint density at radius 2 is 1.93 bits per heavy atom. The molecule has 1 saturated heterocycles. The average Bonchev–Trinajstić information content (AvgIpc) is 2.98. The summed E-state index contributed by atoms with van der Waals surface area (Å²) < 4.78 is 32.3. The highest BCUT2D eigenvalue weighted by atomic mass is 19.1. The third-order valence-corrected chi connectivity index (χ3v) is 7.77. The Balaban J connectivity index is 1.47. The van der Waals surface area contributed by atoms with E-state index in [0.717, 1.165) is 30.4 Å². The lowest BCUT2D eigenvalue weighted by Crippen LogP contribution is -2.54. The van der Waals surface area contributed by atoms with Crippen LogP contribution in [0.1, 0.15) is 56.7 Å². The van der Waals surface area contributed by atoms with Crippen molar-refractivity contribution in [1.29, 1.82) is 5.41 Å². The number of hydrogen-bond donors (Lipinski definition) is 2. The van der Waals surface area contributed by atoms with Gasteiger partial charge < -0.3 is 34.7 Å². The van der Waals surface area contributed by atoms with Gasteiger partial charge >= 0.3 is 12.1 Å². The number of amides is 1. The predicted molar refractivity (Wildman–Crippen MR) is 177 cm³/mol. The summed E-state index contributed by atoms with van der Waals surface area (Å²) in [5.74, 6) is 0.919. The molecule has 1 atom stereocenters. The first-order chi connectivity index (χ1) is 21.5. The van der Waals surface area contributed by atoms with Gasteiger partial charge in [0.1, 0.15) is 11.4 Å². The van der Waals surface area contributed by atoms with Gasteiger partial charge in [-0.1, -0.05) is 30.3 Å². The quantitative estimate of drug-likeness (QED) is 0.174. The SMILES string of the molecule is C=NC(=N/C(=C\CC1CC(OCc2ccccc2)C1)Nc1cc(N2CCN(C(=O)OC(C)(C)C)CC2F)c(C)cc1C=N)OC. The Hall–Kier alpha value is -4.25. The summed E-state index contributed by atoms with van der Waals surface area (Å²) in [6.45, 7) is 11.9. The number of hydrogen-bond acceptors (Lipinski definition) is 8. The number of halogens is 1. The van der Waals surface area contributed by atoms with Crippen LogP contribution in [0.2, 0.25) is 0 Å². The molecule has 1 saturated carbocycles. The third kappa shape index (κ3) is 9.37. The van der Waals surface area contributed by atoms with Gasteiger partial charge in [0.25, 0.3) is 0 Å². The Labute approximate surface area is 265 Å². The van der Waals surface area contributed by atoms with Crippen molar-refractivity contribution in [3.05, 3.63) is 71.1 Å². The number of anilines is 2. The van der Waals surface area contributed by atoms with E-state index < -0.39 is 18.0 Å². The molecule has 1 heterocycles. The Morgan fingerprint density at radius 1 is 1.20 bits per heavy atom. The fourth-order valence-corrected chi connectivity index (χ4v) is 5.34. The van der Waals surface area contributed by atoms with Gasteiger partial charge in [-0.15, -0.1) is 0 Å². The molecule has 1 aliphatic carbocycles. The second-order valence-corrected chi connectivity index (χ2v) is 12.4. The zero-order valence-corrected chi connectivity index (χ0v) is 26.9. The van der Waals surface area contributed by atoms with Crippen LogP contribution in [0.25, 0.3) is 0 Å². The largest absolute Gasteiger partial charge is 0.467 e. The smallest absolute Gasteiger partial charge is 0.410 e. The summed E-state index contributed by atoms with van der Waals surface area (Å²) in [7, 11) is 1.47. The molecule has 0 aromatic heterocycles. The summed E-state index contributed by atoms with van der Waals surface area (Å²) >= 11 is 0. The first kappa shape index (κ1) is 33.6. The van der Waals surface area contributed by atoms with Crippen LogP contribution >= 0.6 is 0 Å². The van der Waals surface area contributed by atoms with Crippen LogP contribution in [-0.2, 0) is 20.8 Å². The number of aliphatic imine (C=N–C) groups is 2. The highest BCUT2D eigenvalue weighted by Gasteiger charge is 2.33. The summed E-state index contributed by atoms with van der Waals surface area (Å²) in [5, 5.41) is 11.4. The number of benzene rings is 2. The average molecular weight is 621 g/mol. The number of aryl methyl sites for hydroxylation is 1. The first-order valence-corrected chi connectivity index (χ1v) is 15.3. The van der Waals surface area contributed by atoms with Crippen LogP contribution in [0.4, 0.5) is 20.6 Å². The van der Waals surface area contributed by atoms with E-state index in [1.54, 1.807) is 25.7 Å². The van der Waals surface area contributed by atoms with E-state index >= 15 is 4.39 Å². The van der Waals surface area contributed by atoms with Crippen LogP contribution in [0.15, 0.2) is 64.3 Å². The van der Waals surface area contributed by atoms with Gasteiger partial charge in [-0.3, -0.25) is 0 Å². The number of carbonyl (C=O) groups is 1. The zero-order chi connectivity index (χ0) is 32.6. The lowest BCUT2D eigenvalue weighted by atomic mass is 9.80. The lowest BCUT2D eigenvalue weighted by Gasteiger charge is -2.40. The highest BCUT2D eigenvalue weighted by Crippen LogP contribution is 2.35. The molecule has 2 fully saturated rings. The zero-order valence-electron chi connectivity index (χ0n) is 26.9. The number of ether oxygens (including phenoxy) is 3. The molecule has 2 N–H and O–H groups in total. The Morgan fingerprint density at radius 3 is 2.56 bits per heavy atom. The van der Waals surface area contributed by atoms with Gasteiger partial charge in [0.05, 0.1) is 32.1 Å². The molecule has 45 heavy (non-hydrogen) atoms. The second-order valence-electron chi connectivity index (χ2n) is 12.4. The van der Waals surface area contributed by atoms with E-state index in [1.807, 2.05) is 43.3 Å². The first-order valence-electron chi connectivity index (χ1n) is 15.3. The maximum atomic E-state index is 15.6. The molecule has 10 nitrogen and oxygen atoms in total.